The van der Waals surface area contributed by atoms with E-state index in [9.17, 15) is 4.79 Å². The van der Waals surface area contributed by atoms with Crippen LogP contribution in [0.1, 0.15) is 30.1 Å². The molecule has 0 aliphatic carbocycles. The number of ether oxygens (including phenoxy) is 1. The van der Waals surface area contributed by atoms with Crippen LogP contribution in [0.15, 0.2) is 29.6 Å². The highest BCUT2D eigenvalue weighted by molar-refractivity contribution is 7.11. The van der Waals surface area contributed by atoms with E-state index in [0.717, 1.165) is 24.3 Å². The highest BCUT2D eigenvalue weighted by Gasteiger charge is 2.16. The van der Waals surface area contributed by atoms with Crippen molar-refractivity contribution in [1.82, 2.24) is 4.98 Å². The van der Waals surface area contributed by atoms with Gasteiger partial charge >= 0.3 is 5.97 Å². The lowest BCUT2D eigenvalue weighted by Crippen LogP contribution is -2.21. The predicted octanol–water partition coefficient (Wildman–Crippen LogP) is 4.01. The maximum atomic E-state index is 12.1. The van der Waals surface area contributed by atoms with Gasteiger partial charge in [-0.25, -0.2) is 9.78 Å². The van der Waals surface area contributed by atoms with Crippen LogP contribution in [0.3, 0.4) is 0 Å². The van der Waals surface area contributed by atoms with Gasteiger partial charge in [-0.1, -0.05) is 12.1 Å². The topological polar surface area (TPSA) is 42.4 Å². The van der Waals surface area contributed by atoms with Gasteiger partial charge in [0.1, 0.15) is 5.01 Å². The zero-order chi connectivity index (χ0) is 16.8. The van der Waals surface area contributed by atoms with Gasteiger partial charge in [-0.15, -0.1) is 11.3 Å². The fraction of sp³-hybridized carbons (Fsp3) is 0.333. The summed E-state index contributed by atoms with van der Waals surface area (Å²) in [7, 11) is 1.39. The molecule has 0 spiro atoms. The van der Waals surface area contributed by atoms with E-state index in [4.69, 9.17) is 4.74 Å². The summed E-state index contributed by atoms with van der Waals surface area (Å²) in [6.45, 7) is 8.12. The summed E-state index contributed by atoms with van der Waals surface area (Å²) in [6, 6.07) is 8.16. The van der Waals surface area contributed by atoms with Gasteiger partial charge in [-0.2, -0.15) is 0 Å². The Morgan fingerprint density at radius 2 is 1.91 bits per heavy atom. The first kappa shape index (κ1) is 17.2. The van der Waals surface area contributed by atoms with Crippen LogP contribution in [0.2, 0.25) is 0 Å². The normalized spacial score (nSPS) is 11.4. The van der Waals surface area contributed by atoms with Crippen LogP contribution in [0.5, 0.6) is 0 Å². The summed E-state index contributed by atoms with van der Waals surface area (Å²) in [6.07, 6.45) is 1.83. The van der Waals surface area contributed by atoms with Crippen LogP contribution >= 0.6 is 11.3 Å². The molecule has 1 heterocycles. The standard InChI is InChI=1S/C18H22N2O2S/c1-5-20(6-2)15-9-7-14(8-10-15)11-16(18(21)22-4)17-19-13(3)12-23-17/h7-12H,5-6H2,1-4H3/b16-11-. The molecular weight excluding hydrogens is 308 g/mol. The van der Waals surface area contributed by atoms with Crippen molar-refractivity contribution in [2.24, 2.45) is 0 Å². The number of carbonyl (C=O) groups is 1. The van der Waals surface area contributed by atoms with Crippen molar-refractivity contribution in [3.63, 3.8) is 0 Å². The quantitative estimate of drug-likeness (QED) is 0.593. The molecule has 4 nitrogen and oxygen atoms in total. The van der Waals surface area contributed by atoms with E-state index in [-0.39, 0.29) is 5.97 Å². The predicted molar refractivity (Wildman–Crippen MR) is 96.7 cm³/mol. The maximum Gasteiger partial charge on any atom is 0.340 e. The van der Waals surface area contributed by atoms with E-state index in [0.29, 0.717) is 10.6 Å². The first-order valence-electron chi connectivity index (χ1n) is 7.66. The van der Waals surface area contributed by atoms with Crippen LogP contribution in [0, 0.1) is 6.92 Å². The second-order valence-electron chi connectivity index (χ2n) is 5.11. The Morgan fingerprint density at radius 1 is 1.26 bits per heavy atom. The van der Waals surface area contributed by atoms with Gasteiger partial charge < -0.3 is 9.64 Å². The van der Waals surface area contributed by atoms with Gasteiger partial charge in [0.2, 0.25) is 0 Å². The molecule has 1 aromatic carbocycles. The number of hydrogen-bond acceptors (Lipinski definition) is 5. The molecule has 0 N–H and O–H groups in total. The number of anilines is 1. The van der Waals surface area contributed by atoms with Gasteiger partial charge in [0, 0.05) is 29.9 Å². The van der Waals surface area contributed by atoms with Gasteiger partial charge in [0.15, 0.2) is 0 Å². The Kier molecular flexibility index (Phi) is 5.93. The average Bonchev–Trinajstić information content (AvgIpc) is 3.00. The number of benzene rings is 1. The van der Waals surface area contributed by atoms with Crippen molar-refractivity contribution in [2.45, 2.75) is 20.8 Å². The van der Waals surface area contributed by atoms with E-state index in [1.165, 1.54) is 24.1 Å². The summed E-state index contributed by atoms with van der Waals surface area (Å²) < 4.78 is 4.90. The summed E-state index contributed by atoms with van der Waals surface area (Å²) in [4.78, 5) is 18.7. The van der Waals surface area contributed by atoms with Crippen LogP contribution < -0.4 is 4.90 Å². The minimum absolute atomic E-state index is 0.368. The zero-order valence-electron chi connectivity index (χ0n) is 14.0. The molecule has 23 heavy (non-hydrogen) atoms. The fourth-order valence-corrected chi connectivity index (χ4v) is 3.13. The van der Waals surface area contributed by atoms with E-state index < -0.39 is 0 Å². The smallest absolute Gasteiger partial charge is 0.340 e. The molecule has 122 valence electrons. The van der Waals surface area contributed by atoms with Gasteiger partial charge in [0.25, 0.3) is 0 Å². The van der Waals surface area contributed by atoms with Crippen molar-refractivity contribution in [3.05, 3.63) is 45.9 Å². The number of thiazole rings is 1. The Labute approximate surface area is 141 Å². The van der Waals surface area contributed by atoms with Gasteiger partial charge in [0.05, 0.1) is 12.7 Å². The molecule has 0 aliphatic heterocycles. The lowest BCUT2D eigenvalue weighted by atomic mass is 10.1. The van der Waals surface area contributed by atoms with Crippen molar-refractivity contribution >= 4 is 34.6 Å². The Morgan fingerprint density at radius 3 is 2.39 bits per heavy atom. The van der Waals surface area contributed by atoms with E-state index in [2.05, 4.69) is 35.9 Å². The third-order valence-electron chi connectivity index (χ3n) is 3.59. The molecular formula is C18H22N2O2S. The number of hydrogen-bond donors (Lipinski definition) is 0. The minimum Gasteiger partial charge on any atom is -0.465 e. The van der Waals surface area contributed by atoms with Crippen LogP contribution in [0.25, 0.3) is 11.6 Å². The summed E-state index contributed by atoms with van der Waals surface area (Å²) in [5.41, 5.74) is 3.52. The van der Waals surface area contributed by atoms with Gasteiger partial charge in [-0.05, 0) is 44.5 Å². The number of esters is 1. The molecule has 1 aromatic heterocycles. The second kappa shape index (κ2) is 7.92. The number of aromatic nitrogens is 1. The van der Waals surface area contributed by atoms with E-state index in [1.807, 2.05) is 30.5 Å². The molecule has 0 fully saturated rings. The molecule has 0 saturated carbocycles. The Hall–Kier alpha value is -2.14. The molecule has 0 bridgehead atoms. The number of rotatable bonds is 6. The zero-order valence-corrected chi connectivity index (χ0v) is 14.8. The van der Waals surface area contributed by atoms with E-state index in [1.54, 1.807) is 0 Å². The molecule has 0 saturated heterocycles. The lowest BCUT2D eigenvalue weighted by Gasteiger charge is -2.20. The molecule has 0 atom stereocenters. The third kappa shape index (κ3) is 4.20. The van der Waals surface area contributed by atoms with Crippen LogP contribution in [0.4, 0.5) is 5.69 Å². The Balaban J connectivity index is 2.34. The van der Waals surface area contributed by atoms with Crippen molar-refractivity contribution in [2.75, 3.05) is 25.1 Å². The monoisotopic (exact) mass is 330 g/mol. The number of carbonyl (C=O) groups excluding carboxylic acids is 1. The summed E-state index contributed by atoms with van der Waals surface area (Å²) in [5.74, 6) is -0.368. The van der Waals surface area contributed by atoms with Crippen LogP contribution in [-0.2, 0) is 9.53 Å². The summed E-state index contributed by atoms with van der Waals surface area (Å²) in [5, 5.41) is 2.61. The molecule has 5 heteroatoms. The first-order valence-corrected chi connectivity index (χ1v) is 8.54. The number of nitrogens with zero attached hydrogens (tertiary/aromatic N) is 2. The number of aryl methyl sites for hydroxylation is 1. The van der Waals surface area contributed by atoms with Gasteiger partial charge in [-0.3, -0.25) is 0 Å². The van der Waals surface area contributed by atoms with Crippen molar-refractivity contribution in [3.8, 4) is 0 Å². The highest BCUT2D eigenvalue weighted by atomic mass is 32.1. The highest BCUT2D eigenvalue weighted by Crippen LogP contribution is 2.24. The van der Waals surface area contributed by atoms with Crippen LogP contribution in [-0.4, -0.2) is 31.2 Å². The minimum atomic E-state index is -0.368. The first-order chi connectivity index (χ1) is 11.1. The molecule has 2 rings (SSSR count). The molecule has 0 amide bonds. The maximum absolute atomic E-state index is 12.1. The fourth-order valence-electron chi connectivity index (χ4n) is 2.33. The largest absolute Gasteiger partial charge is 0.465 e. The molecule has 2 aromatic rings. The Bertz CT molecular complexity index is 685. The SMILES string of the molecule is CCN(CC)c1ccc(/C=C(\C(=O)OC)c2nc(C)cs2)cc1. The van der Waals surface area contributed by atoms with Crippen molar-refractivity contribution < 1.29 is 9.53 Å². The van der Waals surface area contributed by atoms with E-state index >= 15 is 0 Å². The lowest BCUT2D eigenvalue weighted by molar-refractivity contribution is -0.133. The average molecular weight is 330 g/mol. The van der Waals surface area contributed by atoms with Crippen molar-refractivity contribution in [1.29, 1.82) is 0 Å². The molecule has 0 unspecified atom stereocenters. The second-order valence-corrected chi connectivity index (χ2v) is 5.97. The summed E-state index contributed by atoms with van der Waals surface area (Å²) >= 11 is 1.45. The molecule has 0 aliphatic rings. The number of methoxy groups -OCH3 is 1. The molecule has 0 radical (unpaired) electrons. The third-order valence-corrected chi connectivity index (χ3v) is 4.58.